The van der Waals surface area contributed by atoms with Gasteiger partial charge in [-0.1, -0.05) is 182 Å². The van der Waals surface area contributed by atoms with Crippen LogP contribution in [0.25, 0.3) is 0 Å². The average Bonchev–Trinajstić information content (AvgIpc) is 3.05. The molecule has 0 bridgehead atoms. The number of hydrogen-bond donors (Lipinski definition) is 0. The van der Waals surface area contributed by atoms with Crippen molar-refractivity contribution in [2.75, 3.05) is 13.2 Å². The standard InChI is InChI=1S/C41H78O6/c1-5-7-9-11-13-14-17-22-26-30-34-41(44)47-38(35-45-39(42)32-28-24-19-12-10-8-6-2)36-46-40(43)33-29-25-21-18-15-16-20-23-27-31-37(3)4/h37-38H,5-36H2,1-4H3/t38-/m0/s1. The molecule has 0 heterocycles. The van der Waals surface area contributed by atoms with Crippen LogP contribution in [0.2, 0.25) is 0 Å². The Morgan fingerprint density at radius 3 is 1.04 bits per heavy atom. The van der Waals surface area contributed by atoms with E-state index in [-0.39, 0.29) is 31.1 Å². The molecule has 0 saturated heterocycles. The fraction of sp³-hybridized carbons (Fsp3) is 0.927. The molecule has 0 aromatic rings. The van der Waals surface area contributed by atoms with E-state index in [1.807, 2.05) is 0 Å². The van der Waals surface area contributed by atoms with E-state index in [1.165, 1.54) is 116 Å². The Hall–Kier alpha value is -1.59. The maximum atomic E-state index is 12.6. The van der Waals surface area contributed by atoms with E-state index in [1.54, 1.807) is 0 Å². The molecule has 0 aliphatic rings. The third-order valence-corrected chi connectivity index (χ3v) is 9.04. The molecule has 0 amide bonds. The number of carbonyl (C=O) groups excluding carboxylic acids is 3. The molecule has 0 aromatic heterocycles. The lowest BCUT2D eigenvalue weighted by Gasteiger charge is -2.18. The lowest BCUT2D eigenvalue weighted by atomic mass is 10.0. The Labute approximate surface area is 291 Å². The van der Waals surface area contributed by atoms with Crippen LogP contribution in [0.5, 0.6) is 0 Å². The van der Waals surface area contributed by atoms with Crippen molar-refractivity contribution in [1.29, 1.82) is 0 Å². The van der Waals surface area contributed by atoms with Crippen LogP contribution in [0.3, 0.4) is 0 Å². The quantitative estimate of drug-likeness (QED) is 0.0376. The Kier molecular flexibility index (Phi) is 34.5. The number of esters is 3. The molecule has 47 heavy (non-hydrogen) atoms. The molecule has 0 fully saturated rings. The Bertz CT molecular complexity index is 706. The third kappa shape index (κ3) is 35.5. The maximum Gasteiger partial charge on any atom is 0.306 e. The highest BCUT2D eigenvalue weighted by atomic mass is 16.6. The average molecular weight is 667 g/mol. The number of hydrogen-bond acceptors (Lipinski definition) is 6. The van der Waals surface area contributed by atoms with Gasteiger partial charge in [0.25, 0.3) is 0 Å². The second-order valence-electron chi connectivity index (χ2n) is 14.4. The number of ether oxygens (including phenoxy) is 3. The minimum Gasteiger partial charge on any atom is -0.462 e. The van der Waals surface area contributed by atoms with Crippen molar-refractivity contribution in [3.63, 3.8) is 0 Å². The van der Waals surface area contributed by atoms with Crippen LogP contribution < -0.4 is 0 Å². The Morgan fingerprint density at radius 2 is 0.702 bits per heavy atom. The monoisotopic (exact) mass is 667 g/mol. The molecule has 6 nitrogen and oxygen atoms in total. The third-order valence-electron chi connectivity index (χ3n) is 9.04. The maximum absolute atomic E-state index is 12.6. The lowest BCUT2D eigenvalue weighted by Crippen LogP contribution is -2.30. The second-order valence-corrected chi connectivity index (χ2v) is 14.4. The summed E-state index contributed by atoms with van der Waals surface area (Å²) < 4.78 is 16.6. The molecule has 0 aromatic carbocycles. The smallest absolute Gasteiger partial charge is 0.306 e. The summed E-state index contributed by atoms with van der Waals surface area (Å²) in [4.78, 5) is 37.4. The minimum absolute atomic E-state index is 0.0654. The second kappa shape index (κ2) is 35.7. The van der Waals surface area contributed by atoms with Gasteiger partial charge in [0.2, 0.25) is 0 Å². The van der Waals surface area contributed by atoms with Crippen LogP contribution in [0.1, 0.15) is 220 Å². The predicted octanol–water partition coefficient (Wildman–Crippen LogP) is 12.4. The molecular formula is C41H78O6. The molecule has 278 valence electrons. The van der Waals surface area contributed by atoms with Crippen LogP contribution in [0.4, 0.5) is 0 Å². The van der Waals surface area contributed by atoms with Crippen LogP contribution in [-0.2, 0) is 28.6 Å². The highest BCUT2D eigenvalue weighted by Crippen LogP contribution is 2.15. The number of carbonyl (C=O) groups is 3. The van der Waals surface area contributed by atoms with Crippen LogP contribution >= 0.6 is 0 Å². The van der Waals surface area contributed by atoms with Crippen molar-refractivity contribution in [1.82, 2.24) is 0 Å². The molecule has 6 heteroatoms. The van der Waals surface area contributed by atoms with Gasteiger partial charge in [0.1, 0.15) is 13.2 Å². The summed E-state index contributed by atoms with van der Waals surface area (Å²) in [7, 11) is 0. The zero-order valence-electron chi connectivity index (χ0n) is 31.7. The van der Waals surface area contributed by atoms with Crippen molar-refractivity contribution in [2.45, 2.75) is 226 Å². The Balaban J connectivity index is 4.31. The molecule has 0 spiro atoms. The Morgan fingerprint density at radius 1 is 0.404 bits per heavy atom. The first-order valence-corrected chi connectivity index (χ1v) is 20.4. The zero-order valence-corrected chi connectivity index (χ0v) is 31.7. The molecule has 0 radical (unpaired) electrons. The van der Waals surface area contributed by atoms with Gasteiger partial charge in [-0.25, -0.2) is 0 Å². The largest absolute Gasteiger partial charge is 0.462 e. The summed E-state index contributed by atoms with van der Waals surface area (Å²) in [5, 5.41) is 0. The van der Waals surface area contributed by atoms with Crippen molar-refractivity contribution in [3.05, 3.63) is 0 Å². The van der Waals surface area contributed by atoms with Gasteiger partial charge in [-0.2, -0.15) is 0 Å². The van der Waals surface area contributed by atoms with Gasteiger partial charge in [0, 0.05) is 19.3 Å². The first-order chi connectivity index (χ1) is 22.9. The zero-order chi connectivity index (χ0) is 34.6. The fourth-order valence-corrected chi connectivity index (χ4v) is 5.92. The van der Waals surface area contributed by atoms with E-state index >= 15 is 0 Å². The first-order valence-electron chi connectivity index (χ1n) is 20.4. The van der Waals surface area contributed by atoms with Gasteiger partial charge in [-0.15, -0.1) is 0 Å². The first kappa shape index (κ1) is 45.4. The van der Waals surface area contributed by atoms with Crippen LogP contribution in [0.15, 0.2) is 0 Å². The number of unbranched alkanes of at least 4 members (excludes halogenated alkanes) is 23. The molecule has 1 atom stereocenters. The number of rotatable bonds is 36. The van der Waals surface area contributed by atoms with Gasteiger partial charge in [-0.05, 0) is 25.2 Å². The van der Waals surface area contributed by atoms with Gasteiger partial charge < -0.3 is 14.2 Å². The van der Waals surface area contributed by atoms with E-state index in [9.17, 15) is 14.4 Å². The summed E-state index contributed by atoms with van der Waals surface area (Å²) >= 11 is 0. The van der Waals surface area contributed by atoms with E-state index in [4.69, 9.17) is 14.2 Å². The van der Waals surface area contributed by atoms with Crippen molar-refractivity contribution >= 4 is 17.9 Å². The molecule has 0 rings (SSSR count). The van der Waals surface area contributed by atoms with Crippen LogP contribution in [0, 0.1) is 5.92 Å². The molecule has 0 aliphatic carbocycles. The van der Waals surface area contributed by atoms with Gasteiger partial charge in [-0.3, -0.25) is 14.4 Å². The van der Waals surface area contributed by atoms with Gasteiger partial charge in [0.05, 0.1) is 0 Å². The molecule has 0 unspecified atom stereocenters. The molecular weight excluding hydrogens is 588 g/mol. The van der Waals surface area contributed by atoms with Gasteiger partial charge in [0.15, 0.2) is 6.10 Å². The summed E-state index contributed by atoms with van der Waals surface area (Å²) in [6, 6.07) is 0. The van der Waals surface area contributed by atoms with Crippen molar-refractivity contribution in [2.24, 2.45) is 5.92 Å². The SMILES string of the molecule is CCCCCCCCCCCCC(=O)O[C@@H](COC(=O)CCCCCCCCC)COC(=O)CCCCCCCCCCCC(C)C. The topological polar surface area (TPSA) is 78.9 Å². The molecule has 0 N–H and O–H groups in total. The summed E-state index contributed by atoms with van der Waals surface area (Å²) in [5.74, 6) is -0.0611. The van der Waals surface area contributed by atoms with E-state index < -0.39 is 6.10 Å². The summed E-state index contributed by atoms with van der Waals surface area (Å²) in [6.45, 7) is 8.90. The van der Waals surface area contributed by atoms with Crippen molar-refractivity contribution in [3.8, 4) is 0 Å². The van der Waals surface area contributed by atoms with Crippen molar-refractivity contribution < 1.29 is 28.6 Å². The van der Waals surface area contributed by atoms with E-state index in [0.29, 0.717) is 19.3 Å². The van der Waals surface area contributed by atoms with Gasteiger partial charge >= 0.3 is 17.9 Å². The molecule has 0 saturated carbocycles. The van der Waals surface area contributed by atoms with E-state index in [2.05, 4.69) is 27.7 Å². The van der Waals surface area contributed by atoms with Crippen LogP contribution in [-0.4, -0.2) is 37.2 Å². The normalized spacial score (nSPS) is 11.9. The lowest BCUT2D eigenvalue weighted by molar-refractivity contribution is -0.167. The highest BCUT2D eigenvalue weighted by molar-refractivity contribution is 5.71. The summed E-state index contributed by atoms with van der Waals surface area (Å²) in [6.07, 6.45) is 32.4. The summed E-state index contributed by atoms with van der Waals surface area (Å²) in [5.41, 5.74) is 0. The molecule has 0 aliphatic heterocycles. The minimum atomic E-state index is -0.756. The van der Waals surface area contributed by atoms with E-state index in [0.717, 1.165) is 63.7 Å². The fourth-order valence-electron chi connectivity index (χ4n) is 5.92. The predicted molar refractivity (Wildman–Crippen MR) is 196 cm³/mol. The highest BCUT2D eigenvalue weighted by Gasteiger charge is 2.19.